The van der Waals surface area contributed by atoms with Crippen LogP contribution in [-0.4, -0.2) is 34.0 Å². The maximum Gasteiger partial charge on any atom is 0.272 e. The molecule has 1 N–H and O–H groups in total. The van der Waals surface area contributed by atoms with Crippen LogP contribution in [0, 0.1) is 0 Å². The molecular formula is C27H28ClN3O4. The molecule has 0 saturated heterocycles. The molecule has 2 heterocycles. The van der Waals surface area contributed by atoms with Crippen molar-refractivity contribution in [3.8, 4) is 5.75 Å². The number of pyridine rings is 1. The summed E-state index contributed by atoms with van der Waals surface area (Å²) < 4.78 is 8.88. The summed E-state index contributed by atoms with van der Waals surface area (Å²) in [5.74, 6) is -0.177. The van der Waals surface area contributed by atoms with Crippen LogP contribution >= 0.6 is 12.4 Å². The molecule has 0 aliphatic heterocycles. The van der Waals surface area contributed by atoms with Crippen molar-refractivity contribution in [3.63, 3.8) is 0 Å². The third kappa shape index (κ3) is 4.21. The van der Waals surface area contributed by atoms with E-state index in [2.05, 4.69) is 5.32 Å². The van der Waals surface area contributed by atoms with Crippen LogP contribution in [0.15, 0.2) is 59.4 Å². The average molecular weight is 494 g/mol. The first-order chi connectivity index (χ1) is 16.5. The Hall–Kier alpha value is -3.58. The number of benzene rings is 2. The van der Waals surface area contributed by atoms with E-state index in [0.717, 1.165) is 31.1 Å². The summed E-state index contributed by atoms with van der Waals surface area (Å²) >= 11 is 0. The number of amides is 1. The number of fused-ring (bicyclic) bond motifs is 3. The predicted octanol–water partition coefficient (Wildman–Crippen LogP) is 4.48. The fourth-order valence-electron chi connectivity index (χ4n) is 5.12. The summed E-state index contributed by atoms with van der Waals surface area (Å²) in [7, 11) is 3.25. The van der Waals surface area contributed by atoms with Crippen LogP contribution in [0.5, 0.6) is 5.75 Å². The molecule has 2 aromatic carbocycles. The van der Waals surface area contributed by atoms with Gasteiger partial charge in [-0.05, 0) is 18.9 Å². The molecule has 2 aromatic heterocycles. The van der Waals surface area contributed by atoms with E-state index in [4.69, 9.17) is 4.74 Å². The summed E-state index contributed by atoms with van der Waals surface area (Å²) in [4.78, 5) is 40.1. The first-order valence-corrected chi connectivity index (χ1v) is 11.6. The summed E-state index contributed by atoms with van der Waals surface area (Å²) in [6, 6.07) is 16.5. The van der Waals surface area contributed by atoms with E-state index in [9.17, 15) is 14.4 Å². The SMILES string of the molecule is COc1c(C(=O)NC2CCCC2)n(C)c2c1c(=O)n(CC(=O)c1ccccc1)c1ccccc21.Cl. The van der Waals surface area contributed by atoms with E-state index in [-0.39, 0.29) is 48.0 Å². The normalized spacial score (nSPS) is 13.7. The van der Waals surface area contributed by atoms with Crippen molar-refractivity contribution in [3.05, 3.63) is 76.2 Å². The van der Waals surface area contributed by atoms with Gasteiger partial charge in [-0.15, -0.1) is 12.4 Å². The number of aromatic nitrogens is 2. The quantitative estimate of drug-likeness (QED) is 0.401. The van der Waals surface area contributed by atoms with E-state index >= 15 is 0 Å². The van der Waals surface area contributed by atoms with Crippen LogP contribution in [0.3, 0.4) is 0 Å². The zero-order valence-electron chi connectivity index (χ0n) is 19.7. The Morgan fingerprint density at radius 3 is 2.37 bits per heavy atom. The zero-order chi connectivity index (χ0) is 23.8. The van der Waals surface area contributed by atoms with Crippen molar-refractivity contribution in [2.24, 2.45) is 7.05 Å². The van der Waals surface area contributed by atoms with Gasteiger partial charge in [0, 0.05) is 24.0 Å². The number of nitrogens with zero attached hydrogens (tertiary/aromatic N) is 2. The monoisotopic (exact) mass is 493 g/mol. The van der Waals surface area contributed by atoms with Gasteiger partial charge in [0.25, 0.3) is 11.5 Å². The van der Waals surface area contributed by atoms with Crippen molar-refractivity contribution in [1.29, 1.82) is 0 Å². The number of rotatable bonds is 6. The van der Waals surface area contributed by atoms with Crippen LogP contribution in [0.2, 0.25) is 0 Å². The second-order valence-electron chi connectivity index (χ2n) is 8.82. The van der Waals surface area contributed by atoms with E-state index in [1.165, 1.54) is 11.7 Å². The molecule has 0 bridgehead atoms. The molecule has 182 valence electrons. The van der Waals surface area contributed by atoms with Gasteiger partial charge >= 0.3 is 0 Å². The smallest absolute Gasteiger partial charge is 0.272 e. The summed E-state index contributed by atoms with van der Waals surface area (Å²) in [6.07, 6.45) is 4.11. The Morgan fingerprint density at radius 2 is 1.69 bits per heavy atom. The molecule has 1 amide bonds. The number of hydrogen-bond donors (Lipinski definition) is 1. The minimum absolute atomic E-state index is 0. The van der Waals surface area contributed by atoms with E-state index in [0.29, 0.717) is 27.7 Å². The first-order valence-electron chi connectivity index (χ1n) is 11.6. The van der Waals surface area contributed by atoms with Crippen molar-refractivity contribution < 1.29 is 14.3 Å². The van der Waals surface area contributed by atoms with Gasteiger partial charge < -0.3 is 14.6 Å². The molecule has 7 nitrogen and oxygen atoms in total. The Balaban J connectivity index is 0.00000289. The molecule has 1 fully saturated rings. The number of halogens is 1. The molecule has 1 saturated carbocycles. The number of methoxy groups -OCH3 is 1. The Morgan fingerprint density at radius 1 is 1.03 bits per heavy atom. The lowest BCUT2D eigenvalue weighted by atomic mass is 10.1. The highest BCUT2D eigenvalue weighted by atomic mass is 35.5. The topological polar surface area (TPSA) is 82.3 Å². The Labute approximate surface area is 209 Å². The largest absolute Gasteiger partial charge is 0.493 e. The summed E-state index contributed by atoms with van der Waals surface area (Å²) in [6.45, 7) is -0.110. The third-order valence-electron chi connectivity index (χ3n) is 6.77. The minimum atomic E-state index is -0.356. The number of ether oxygens (including phenoxy) is 1. The summed E-state index contributed by atoms with van der Waals surface area (Å²) in [5.41, 5.74) is 1.76. The maximum atomic E-state index is 13.8. The minimum Gasteiger partial charge on any atom is -0.493 e. The second-order valence-corrected chi connectivity index (χ2v) is 8.82. The molecule has 0 atom stereocenters. The van der Waals surface area contributed by atoms with Gasteiger partial charge in [0.15, 0.2) is 17.2 Å². The van der Waals surface area contributed by atoms with Crippen LogP contribution in [0.25, 0.3) is 21.8 Å². The van der Waals surface area contributed by atoms with E-state index in [1.54, 1.807) is 35.9 Å². The van der Waals surface area contributed by atoms with Crippen LogP contribution in [-0.2, 0) is 13.6 Å². The highest BCUT2D eigenvalue weighted by Crippen LogP contribution is 2.35. The first kappa shape index (κ1) is 24.5. The van der Waals surface area contributed by atoms with Crippen molar-refractivity contribution in [2.75, 3.05) is 7.11 Å². The number of carbonyl (C=O) groups is 2. The van der Waals surface area contributed by atoms with Gasteiger partial charge in [0.2, 0.25) is 0 Å². The lowest BCUT2D eigenvalue weighted by molar-refractivity contribution is 0.0925. The maximum absolute atomic E-state index is 13.8. The fourth-order valence-corrected chi connectivity index (χ4v) is 5.12. The Kier molecular flexibility index (Phi) is 6.98. The number of Topliss-reactive ketones (excluding diaryl/α,β-unsaturated/α-hetero) is 1. The van der Waals surface area contributed by atoms with Crippen molar-refractivity contribution in [1.82, 2.24) is 14.5 Å². The van der Waals surface area contributed by atoms with Gasteiger partial charge in [0.1, 0.15) is 5.39 Å². The average Bonchev–Trinajstić information content (AvgIpc) is 3.47. The van der Waals surface area contributed by atoms with Crippen LogP contribution in [0.1, 0.15) is 46.5 Å². The highest BCUT2D eigenvalue weighted by molar-refractivity contribution is 6.12. The second kappa shape index (κ2) is 9.96. The van der Waals surface area contributed by atoms with Crippen LogP contribution in [0.4, 0.5) is 0 Å². The number of hydrogen-bond acceptors (Lipinski definition) is 4. The van der Waals surface area contributed by atoms with Gasteiger partial charge in [-0.25, -0.2) is 0 Å². The fraction of sp³-hybridized carbons (Fsp3) is 0.296. The predicted molar refractivity (Wildman–Crippen MR) is 139 cm³/mol. The molecule has 0 spiro atoms. The molecule has 8 heteroatoms. The van der Waals surface area contributed by atoms with Crippen LogP contribution < -0.4 is 15.6 Å². The number of para-hydroxylation sites is 1. The number of carbonyl (C=O) groups excluding carboxylic acids is 2. The van der Waals surface area contributed by atoms with Gasteiger partial charge in [-0.3, -0.25) is 19.0 Å². The summed E-state index contributed by atoms with van der Waals surface area (Å²) in [5, 5.41) is 4.19. The molecular weight excluding hydrogens is 466 g/mol. The van der Waals surface area contributed by atoms with E-state index < -0.39 is 0 Å². The molecule has 5 rings (SSSR count). The lowest BCUT2D eigenvalue weighted by Crippen LogP contribution is -2.33. The van der Waals surface area contributed by atoms with Gasteiger partial charge in [-0.2, -0.15) is 0 Å². The highest BCUT2D eigenvalue weighted by Gasteiger charge is 2.29. The lowest BCUT2D eigenvalue weighted by Gasteiger charge is -2.13. The zero-order valence-corrected chi connectivity index (χ0v) is 20.6. The van der Waals surface area contributed by atoms with Crippen molar-refractivity contribution in [2.45, 2.75) is 38.3 Å². The van der Waals surface area contributed by atoms with E-state index in [1.807, 2.05) is 30.3 Å². The standard InChI is InChI=1S/C27H27N3O4.ClH/c1-29-23-19-14-8-9-15-20(19)30(16-21(31)17-10-4-3-5-11-17)27(33)22(23)25(34-2)24(29)26(32)28-18-12-6-7-13-18;/h3-5,8-11,14-15,18H,6-7,12-13,16H2,1-2H3,(H,28,32);1H. The molecule has 0 unspecified atom stereocenters. The molecule has 1 aliphatic carbocycles. The third-order valence-corrected chi connectivity index (χ3v) is 6.77. The molecule has 35 heavy (non-hydrogen) atoms. The van der Waals surface area contributed by atoms with Crippen molar-refractivity contribution >= 4 is 45.9 Å². The molecule has 0 radical (unpaired) electrons. The molecule has 4 aromatic rings. The molecule has 1 aliphatic rings. The number of aryl methyl sites for hydroxylation is 1. The van der Waals surface area contributed by atoms with Gasteiger partial charge in [-0.1, -0.05) is 61.4 Å². The van der Waals surface area contributed by atoms with Gasteiger partial charge in [0.05, 0.1) is 24.7 Å². The number of ketones is 1. The Bertz CT molecular complexity index is 1470. The number of nitrogens with one attached hydrogen (secondary N) is 1.